The molecule has 1 aromatic heterocycles. The fourth-order valence-electron chi connectivity index (χ4n) is 1.64. The highest BCUT2D eigenvalue weighted by molar-refractivity contribution is 6.20. The predicted molar refractivity (Wildman–Crippen MR) is 55.9 cm³/mol. The van der Waals surface area contributed by atoms with Gasteiger partial charge in [0.25, 0.3) is 17.4 Å². The zero-order valence-corrected chi connectivity index (χ0v) is 9.23. The smallest absolute Gasteiger partial charge is 0.280 e. The van der Waals surface area contributed by atoms with Gasteiger partial charge in [-0.05, 0) is 6.92 Å². The lowest BCUT2D eigenvalue weighted by Gasteiger charge is -2.07. The van der Waals surface area contributed by atoms with Crippen molar-refractivity contribution in [2.45, 2.75) is 13.8 Å². The number of rotatable bonds is 2. The number of Topliss-reactive ketones (excluding diaryl/α,β-unsaturated/α-hetero) is 1. The Hall–Kier alpha value is -2.31. The molecule has 0 saturated heterocycles. The molecule has 7 nitrogen and oxygen atoms in total. The number of fused-ring (bicyclic) bond motifs is 1. The average Bonchev–Trinajstić information content (AvgIpc) is 2.51. The van der Waals surface area contributed by atoms with E-state index in [1.54, 1.807) is 6.92 Å². The Kier molecular flexibility index (Phi) is 2.38. The van der Waals surface area contributed by atoms with Crippen molar-refractivity contribution in [2.75, 3.05) is 6.54 Å². The summed E-state index contributed by atoms with van der Waals surface area (Å²) in [5.41, 5.74) is -1.29. The highest BCUT2D eigenvalue weighted by atomic mass is 16.2. The maximum absolute atomic E-state index is 11.7. The minimum Gasteiger partial charge on any atom is -0.303 e. The third kappa shape index (κ3) is 1.47. The summed E-state index contributed by atoms with van der Waals surface area (Å²) >= 11 is 0. The molecule has 0 radical (unpaired) electrons. The number of nitrogens with zero attached hydrogens (tertiary/aromatic N) is 2. The molecule has 0 aromatic carbocycles. The summed E-state index contributed by atoms with van der Waals surface area (Å²) in [6.07, 6.45) is 0. The molecule has 0 saturated carbocycles. The van der Waals surface area contributed by atoms with Gasteiger partial charge in [-0.25, -0.2) is 4.98 Å². The van der Waals surface area contributed by atoms with Crippen LogP contribution in [0.25, 0.3) is 0 Å². The van der Waals surface area contributed by atoms with Crippen molar-refractivity contribution in [1.29, 1.82) is 0 Å². The number of nitrogens with one attached hydrogen (secondary N) is 1. The second-order valence-corrected chi connectivity index (χ2v) is 3.55. The highest BCUT2D eigenvalue weighted by Gasteiger charge is 2.39. The van der Waals surface area contributed by atoms with Gasteiger partial charge < -0.3 is 4.98 Å². The molecule has 1 aromatic rings. The third-order valence-electron chi connectivity index (χ3n) is 2.48. The van der Waals surface area contributed by atoms with E-state index < -0.39 is 23.2 Å². The van der Waals surface area contributed by atoms with E-state index in [0.717, 1.165) is 4.90 Å². The minimum atomic E-state index is -0.755. The van der Waals surface area contributed by atoms with Crippen LogP contribution in [0.2, 0.25) is 0 Å². The molecule has 0 spiro atoms. The molecular weight excluding hydrogens is 226 g/mol. The molecule has 0 aliphatic carbocycles. The number of aromatic amines is 1. The topological polar surface area (TPSA) is 100 Å². The second kappa shape index (κ2) is 3.62. The average molecular weight is 235 g/mol. The summed E-state index contributed by atoms with van der Waals surface area (Å²) in [7, 11) is 0. The van der Waals surface area contributed by atoms with Gasteiger partial charge in [0.1, 0.15) is 11.3 Å². The van der Waals surface area contributed by atoms with Crippen molar-refractivity contribution in [3.63, 3.8) is 0 Å². The van der Waals surface area contributed by atoms with E-state index in [9.17, 15) is 19.2 Å². The van der Waals surface area contributed by atoms with Crippen molar-refractivity contribution in [3.05, 3.63) is 27.4 Å². The number of hydrogen-bond donors (Lipinski definition) is 1. The molecule has 88 valence electrons. The number of ketones is 1. The monoisotopic (exact) mass is 235 g/mol. The van der Waals surface area contributed by atoms with Gasteiger partial charge in [-0.1, -0.05) is 0 Å². The first-order chi connectivity index (χ1) is 7.97. The van der Waals surface area contributed by atoms with E-state index in [1.807, 2.05) is 0 Å². The molecule has 0 fully saturated rings. The van der Waals surface area contributed by atoms with E-state index in [0.29, 0.717) is 0 Å². The summed E-state index contributed by atoms with van der Waals surface area (Å²) in [5, 5.41) is 0. The Bertz CT molecular complexity index is 602. The van der Waals surface area contributed by atoms with Crippen LogP contribution in [0, 0.1) is 0 Å². The van der Waals surface area contributed by atoms with Crippen molar-refractivity contribution < 1.29 is 14.4 Å². The Morgan fingerprint density at radius 1 is 1.29 bits per heavy atom. The largest absolute Gasteiger partial charge is 0.303 e. The zero-order valence-electron chi connectivity index (χ0n) is 9.23. The molecular formula is C10H9N3O4. The van der Waals surface area contributed by atoms with Gasteiger partial charge >= 0.3 is 0 Å². The van der Waals surface area contributed by atoms with Gasteiger partial charge in [0, 0.05) is 13.5 Å². The summed E-state index contributed by atoms with van der Waals surface area (Å²) in [5.74, 6) is -1.99. The Labute approximate surface area is 95.5 Å². The number of imide groups is 1. The SMILES string of the molecule is CCN1C(=O)c2nc(C(C)=O)[nH]c(=O)c2C1=O. The van der Waals surface area contributed by atoms with Gasteiger partial charge in [-0.3, -0.25) is 24.1 Å². The molecule has 1 N–H and O–H groups in total. The first-order valence-electron chi connectivity index (χ1n) is 4.98. The Morgan fingerprint density at radius 3 is 2.47 bits per heavy atom. The maximum Gasteiger partial charge on any atom is 0.280 e. The molecule has 0 atom stereocenters. The minimum absolute atomic E-state index is 0.156. The van der Waals surface area contributed by atoms with E-state index >= 15 is 0 Å². The van der Waals surface area contributed by atoms with Crippen LogP contribution in [0.3, 0.4) is 0 Å². The van der Waals surface area contributed by atoms with Crippen LogP contribution < -0.4 is 5.56 Å². The number of amides is 2. The first kappa shape index (κ1) is 11.2. The van der Waals surface area contributed by atoms with Gasteiger partial charge in [0.2, 0.25) is 0 Å². The Morgan fingerprint density at radius 2 is 1.94 bits per heavy atom. The second-order valence-electron chi connectivity index (χ2n) is 3.55. The normalized spacial score (nSPS) is 14.1. The standard InChI is InChI=1S/C10H9N3O4/c1-3-13-9(16)5-6(10(13)17)11-7(4(2)14)12-8(5)15/h3H2,1-2H3,(H,11,12,15). The lowest BCUT2D eigenvalue weighted by Crippen LogP contribution is -2.30. The summed E-state index contributed by atoms with van der Waals surface area (Å²) < 4.78 is 0. The number of carbonyl (C=O) groups is 3. The third-order valence-corrected chi connectivity index (χ3v) is 2.48. The molecule has 2 rings (SSSR count). The summed E-state index contributed by atoms with van der Waals surface area (Å²) in [4.78, 5) is 53.0. The van der Waals surface area contributed by atoms with E-state index in [1.165, 1.54) is 6.92 Å². The number of carbonyl (C=O) groups excluding carboxylic acids is 3. The van der Waals surface area contributed by atoms with Crippen LogP contribution in [0.15, 0.2) is 4.79 Å². The van der Waals surface area contributed by atoms with Crippen LogP contribution in [-0.4, -0.2) is 39.0 Å². The molecule has 0 unspecified atom stereocenters. The fourth-order valence-corrected chi connectivity index (χ4v) is 1.64. The van der Waals surface area contributed by atoms with Crippen molar-refractivity contribution in [1.82, 2.24) is 14.9 Å². The fraction of sp³-hybridized carbons (Fsp3) is 0.300. The Balaban J connectivity index is 2.71. The maximum atomic E-state index is 11.7. The molecule has 17 heavy (non-hydrogen) atoms. The van der Waals surface area contributed by atoms with Gasteiger partial charge in [-0.15, -0.1) is 0 Å². The first-order valence-corrected chi connectivity index (χ1v) is 4.98. The van der Waals surface area contributed by atoms with Crippen LogP contribution >= 0.6 is 0 Å². The number of H-pyrrole nitrogens is 1. The molecule has 1 aliphatic rings. The predicted octanol–water partition coefficient (Wildman–Crippen LogP) is -0.412. The van der Waals surface area contributed by atoms with Crippen molar-refractivity contribution in [2.24, 2.45) is 0 Å². The van der Waals surface area contributed by atoms with E-state index in [4.69, 9.17) is 0 Å². The molecule has 2 heterocycles. The van der Waals surface area contributed by atoms with Crippen LogP contribution in [0.4, 0.5) is 0 Å². The van der Waals surface area contributed by atoms with Gasteiger partial charge in [0.15, 0.2) is 11.6 Å². The molecule has 2 amide bonds. The van der Waals surface area contributed by atoms with E-state index in [2.05, 4.69) is 9.97 Å². The molecule has 7 heteroatoms. The van der Waals surface area contributed by atoms with Crippen LogP contribution in [0.1, 0.15) is 45.3 Å². The molecule has 1 aliphatic heterocycles. The van der Waals surface area contributed by atoms with Crippen LogP contribution in [-0.2, 0) is 0 Å². The van der Waals surface area contributed by atoms with Crippen molar-refractivity contribution >= 4 is 17.6 Å². The zero-order chi connectivity index (χ0) is 12.7. The highest BCUT2D eigenvalue weighted by Crippen LogP contribution is 2.17. The molecule has 0 bridgehead atoms. The lowest BCUT2D eigenvalue weighted by atomic mass is 10.2. The lowest BCUT2D eigenvalue weighted by molar-refractivity contribution is 0.0660. The number of aromatic nitrogens is 2. The van der Waals surface area contributed by atoms with Crippen molar-refractivity contribution in [3.8, 4) is 0 Å². The quantitative estimate of drug-likeness (QED) is 0.554. The summed E-state index contributed by atoms with van der Waals surface area (Å²) in [6.45, 7) is 2.98. The van der Waals surface area contributed by atoms with Crippen LogP contribution in [0.5, 0.6) is 0 Å². The van der Waals surface area contributed by atoms with Gasteiger partial charge in [0.05, 0.1) is 0 Å². The summed E-state index contributed by atoms with van der Waals surface area (Å²) in [6, 6.07) is 0. The van der Waals surface area contributed by atoms with E-state index in [-0.39, 0.29) is 23.6 Å². The number of hydrogen-bond acceptors (Lipinski definition) is 5. The van der Waals surface area contributed by atoms with Gasteiger partial charge in [-0.2, -0.15) is 0 Å².